The standard InChI is InChI=1S/C18H27NO/c1-4-14-19(18(20)16(3)5-2)15-10-9-13-17-11-7-6-8-12-17/h5-8,11-12H,4,9-10,13-15H2,1-3H3/b16-5+. The van der Waals surface area contributed by atoms with Gasteiger partial charge in [-0.3, -0.25) is 4.79 Å². The molecule has 0 fully saturated rings. The number of nitrogens with zero attached hydrogens (tertiary/aromatic N) is 1. The Kier molecular flexibility index (Phi) is 7.71. The van der Waals surface area contributed by atoms with Crippen LogP contribution in [0.1, 0.15) is 45.6 Å². The van der Waals surface area contributed by atoms with Crippen molar-refractivity contribution in [2.24, 2.45) is 0 Å². The maximum atomic E-state index is 12.2. The van der Waals surface area contributed by atoms with E-state index in [0.29, 0.717) is 0 Å². The van der Waals surface area contributed by atoms with Gasteiger partial charge in [-0.2, -0.15) is 0 Å². The number of amides is 1. The van der Waals surface area contributed by atoms with Crippen molar-refractivity contribution in [1.29, 1.82) is 0 Å². The quantitative estimate of drug-likeness (QED) is 0.513. The second-order valence-corrected chi connectivity index (χ2v) is 5.21. The van der Waals surface area contributed by atoms with Gasteiger partial charge in [0, 0.05) is 18.7 Å². The summed E-state index contributed by atoms with van der Waals surface area (Å²) in [6.07, 6.45) is 6.21. The van der Waals surface area contributed by atoms with E-state index in [1.54, 1.807) is 0 Å². The molecular weight excluding hydrogens is 246 g/mol. The van der Waals surface area contributed by atoms with Crippen LogP contribution in [0.3, 0.4) is 0 Å². The van der Waals surface area contributed by atoms with Gasteiger partial charge in [-0.1, -0.05) is 43.3 Å². The Hall–Kier alpha value is -1.57. The molecule has 1 aromatic carbocycles. The molecule has 0 bridgehead atoms. The molecule has 1 rings (SSSR count). The monoisotopic (exact) mass is 273 g/mol. The summed E-state index contributed by atoms with van der Waals surface area (Å²) in [5, 5.41) is 0. The lowest BCUT2D eigenvalue weighted by atomic mass is 10.1. The molecule has 0 aliphatic carbocycles. The van der Waals surface area contributed by atoms with E-state index in [1.807, 2.05) is 30.9 Å². The van der Waals surface area contributed by atoms with Crippen molar-refractivity contribution in [3.8, 4) is 0 Å². The van der Waals surface area contributed by atoms with Gasteiger partial charge < -0.3 is 4.90 Å². The van der Waals surface area contributed by atoms with Crippen molar-refractivity contribution in [2.75, 3.05) is 13.1 Å². The number of hydrogen-bond acceptors (Lipinski definition) is 1. The molecule has 0 unspecified atom stereocenters. The van der Waals surface area contributed by atoms with Gasteiger partial charge in [-0.05, 0) is 45.1 Å². The summed E-state index contributed by atoms with van der Waals surface area (Å²) in [6, 6.07) is 10.5. The van der Waals surface area contributed by atoms with Crippen molar-refractivity contribution in [3.05, 3.63) is 47.5 Å². The van der Waals surface area contributed by atoms with Crippen LogP contribution in [-0.4, -0.2) is 23.9 Å². The maximum absolute atomic E-state index is 12.2. The molecular formula is C18H27NO. The second-order valence-electron chi connectivity index (χ2n) is 5.21. The third-order valence-electron chi connectivity index (χ3n) is 3.54. The van der Waals surface area contributed by atoms with Crippen LogP contribution < -0.4 is 0 Å². The number of unbranched alkanes of at least 4 members (excludes halogenated alkanes) is 1. The summed E-state index contributed by atoms with van der Waals surface area (Å²) in [6.45, 7) is 7.66. The highest BCUT2D eigenvalue weighted by molar-refractivity contribution is 5.92. The summed E-state index contributed by atoms with van der Waals surface area (Å²) in [5.41, 5.74) is 2.23. The molecule has 2 heteroatoms. The molecule has 0 aliphatic heterocycles. The lowest BCUT2D eigenvalue weighted by Gasteiger charge is -2.22. The van der Waals surface area contributed by atoms with Crippen LogP contribution in [0.4, 0.5) is 0 Å². The Labute approximate surface area is 123 Å². The van der Waals surface area contributed by atoms with Crippen molar-refractivity contribution < 1.29 is 4.79 Å². The predicted molar refractivity (Wildman–Crippen MR) is 85.7 cm³/mol. The minimum absolute atomic E-state index is 0.189. The molecule has 1 amide bonds. The molecule has 0 atom stereocenters. The van der Waals surface area contributed by atoms with Crippen LogP contribution in [0.25, 0.3) is 0 Å². The fraction of sp³-hybridized carbons (Fsp3) is 0.500. The van der Waals surface area contributed by atoms with Crippen LogP contribution >= 0.6 is 0 Å². The van der Waals surface area contributed by atoms with E-state index in [-0.39, 0.29) is 5.91 Å². The highest BCUT2D eigenvalue weighted by Gasteiger charge is 2.13. The summed E-state index contributed by atoms with van der Waals surface area (Å²) in [7, 11) is 0. The number of rotatable bonds is 8. The van der Waals surface area contributed by atoms with E-state index in [4.69, 9.17) is 0 Å². The van der Waals surface area contributed by atoms with Crippen LogP contribution in [0.2, 0.25) is 0 Å². The minimum atomic E-state index is 0.189. The van der Waals surface area contributed by atoms with Crippen LogP contribution in [-0.2, 0) is 11.2 Å². The van der Waals surface area contributed by atoms with Gasteiger partial charge >= 0.3 is 0 Å². The molecule has 0 aromatic heterocycles. The van der Waals surface area contributed by atoms with Gasteiger partial charge in [0.05, 0.1) is 0 Å². The second kappa shape index (κ2) is 9.35. The molecule has 20 heavy (non-hydrogen) atoms. The SMILES string of the molecule is C/C=C(\C)C(=O)N(CCC)CCCCc1ccccc1. The lowest BCUT2D eigenvalue weighted by molar-refractivity contribution is -0.127. The number of aryl methyl sites for hydroxylation is 1. The molecule has 0 aliphatic rings. The van der Waals surface area contributed by atoms with Gasteiger partial charge in [0.15, 0.2) is 0 Å². The van der Waals surface area contributed by atoms with Gasteiger partial charge in [-0.15, -0.1) is 0 Å². The molecule has 0 spiro atoms. The van der Waals surface area contributed by atoms with Crippen molar-refractivity contribution in [2.45, 2.75) is 46.5 Å². The molecule has 0 N–H and O–H groups in total. The smallest absolute Gasteiger partial charge is 0.249 e. The van der Waals surface area contributed by atoms with E-state index >= 15 is 0 Å². The zero-order chi connectivity index (χ0) is 14.8. The molecule has 0 radical (unpaired) electrons. The normalized spacial score (nSPS) is 11.4. The average molecular weight is 273 g/mol. The Morgan fingerprint density at radius 2 is 1.85 bits per heavy atom. The Morgan fingerprint density at radius 3 is 2.45 bits per heavy atom. The molecule has 1 aromatic rings. The topological polar surface area (TPSA) is 20.3 Å². The van der Waals surface area contributed by atoms with Crippen molar-refractivity contribution in [1.82, 2.24) is 4.90 Å². The first-order chi connectivity index (χ1) is 9.69. The van der Waals surface area contributed by atoms with Gasteiger partial charge in [0.2, 0.25) is 5.91 Å². The Balaban J connectivity index is 2.38. The molecule has 0 saturated heterocycles. The molecule has 0 heterocycles. The van der Waals surface area contributed by atoms with E-state index in [9.17, 15) is 4.79 Å². The third kappa shape index (κ3) is 5.60. The van der Waals surface area contributed by atoms with E-state index < -0.39 is 0 Å². The van der Waals surface area contributed by atoms with Gasteiger partial charge in [0.1, 0.15) is 0 Å². The van der Waals surface area contributed by atoms with E-state index in [0.717, 1.165) is 44.3 Å². The highest BCUT2D eigenvalue weighted by Crippen LogP contribution is 2.08. The number of benzene rings is 1. The molecule has 0 saturated carbocycles. The first kappa shape index (κ1) is 16.5. The lowest BCUT2D eigenvalue weighted by Crippen LogP contribution is -2.33. The van der Waals surface area contributed by atoms with Crippen molar-refractivity contribution in [3.63, 3.8) is 0 Å². The fourth-order valence-corrected chi connectivity index (χ4v) is 2.23. The minimum Gasteiger partial charge on any atom is -0.339 e. The largest absolute Gasteiger partial charge is 0.339 e. The zero-order valence-corrected chi connectivity index (χ0v) is 13.1. The highest BCUT2D eigenvalue weighted by atomic mass is 16.2. The number of allylic oxidation sites excluding steroid dienone is 1. The first-order valence-corrected chi connectivity index (χ1v) is 7.65. The third-order valence-corrected chi connectivity index (χ3v) is 3.54. The van der Waals surface area contributed by atoms with Gasteiger partial charge in [0.25, 0.3) is 0 Å². The van der Waals surface area contributed by atoms with E-state index in [1.165, 1.54) is 5.56 Å². The first-order valence-electron chi connectivity index (χ1n) is 7.65. The molecule has 2 nitrogen and oxygen atoms in total. The van der Waals surface area contributed by atoms with Gasteiger partial charge in [-0.25, -0.2) is 0 Å². The predicted octanol–water partition coefficient (Wildman–Crippen LogP) is 4.21. The van der Waals surface area contributed by atoms with Crippen LogP contribution in [0, 0.1) is 0 Å². The summed E-state index contributed by atoms with van der Waals surface area (Å²) in [4.78, 5) is 14.2. The van der Waals surface area contributed by atoms with E-state index in [2.05, 4.69) is 31.2 Å². The Bertz CT molecular complexity index is 422. The van der Waals surface area contributed by atoms with Crippen LogP contribution in [0.15, 0.2) is 42.0 Å². The van der Waals surface area contributed by atoms with Crippen molar-refractivity contribution >= 4 is 5.91 Å². The summed E-state index contributed by atoms with van der Waals surface area (Å²) < 4.78 is 0. The van der Waals surface area contributed by atoms with Crippen LogP contribution in [0.5, 0.6) is 0 Å². The number of carbonyl (C=O) groups excluding carboxylic acids is 1. The Morgan fingerprint density at radius 1 is 1.15 bits per heavy atom. The molecule has 110 valence electrons. The average Bonchev–Trinajstić information content (AvgIpc) is 2.50. The number of hydrogen-bond donors (Lipinski definition) is 0. The maximum Gasteiger partial charge on any atom is 0.249 e. The number of carbonyl (C=O) groups is 1. The fourth-order valence-electron chi connectivity index (χ4n) is 2.23. The summed E-state index contributed by atoms with van der Waals surface area (Å²) in [5.74, 6) is 0.189. The zero-order valence-electron chi connectivity index (χ0n) is 13.1. The summed E-state index contributed by atoms with van der Waals surface area (Å²) >= 11 is 0.